The topological polar surface area (TPSA) is 95.5 Å². The first kappa shape index (κ1) is 31.2. The molecule has 39 heavy (non-hydrogen) atoms. The van der Waals surface area contributed by atoms with Crippen LogP contribution in [0.15, 0.2) is 44.8 Å². The Balaban J connectivity index is 2.12. The maximum Gasteiger partial charge on any atom is 0.412 e. The molecule has 2 heterocycles. The minimum absolute atomic E-state index is 0.0374. The second-order valence-corrected chi connectivity index (χ2v) is 12.4. The van der Waals surface area contributed by atoms with Crippen molar-refractivity contribution in [2.24, 2.45) is 0 Å². The Morgan fingerprint density at radius 1 is 1.18 bits per heavy atom. The quantitative estimate of drug-likeness (QED) is 0.465. The largest absolute Gasteiger partial charge is 0.412 e. The minimum atomic E-state index is -4.76. The van der Waals surface area contributed by atoms with E-state index >= 15 is 0 Å². The molecule has 0 unspecified atom stereocenters. The van der Waals surface area contributed by atoms with Gasteiger partial charge in [-0.1, -0.05) is 36.7 Å². The van der Waals surface area contributed by atoms with Gasteiger partial charge in [-0.3, -0.25) is 9.36 Å². The summed E-state index contributed by atoms with van der Waals surface area (Å²) in [4.78, 5) is 32.5. The van der Waals surface area contributed by atoms with E-state index in [4.69, 9.17) is 23.2 Å². The van der Waals surface area contributed by atoms with Crippen molar-refractivity contribution in [2.75, 3.05) is 45.5 Å². The molecule has 0 atom stereocenters. The standard InChI is InChI=1S/C25H29Cl2F3N4O4S/c1-4-39(37,38)21-6-5-19(27)13-17(21)15-34-23(35)20(22(16(2)26)31-24(34)36)14-18(25(28,29)30)7-8-33-11-9-32(3)10-12-33/h5-6,13-14H,2,4,7-12,15H2,1,3H3,(H,31,36)/b18-14+. The number of aromatic nitrogens is 2. The number of hydrogen-bond acceptors (Lipinski definition) is 6. The van der Waals surface area contributed by atoms with Crippen LogP contribution in [0.5, 0.6) is 0 Å². The second kappa shape index (κ2) is 12.4. The van der Waals surface area contributed by atoms with Crippen molar-refractivity contribution in [2.45, 2.75) is 31.0 Å². The van der Waals surface area contributed by atoms with E-state index < -0.39 is 51.4 Å². The minimum Gasteiger partial charge on any atom is -0.305 e. The third kappa shape index (κ3) is 7.63. The van der Waals surface area contributed by atoms with Crippen molar-refractivity contribution >= 4 is 44.1 Å². The summed E-state index contributed by atoms with van der Waals surface area (Å²) >= 11 is 12.0. The predicted molar refractivity (Wildman–Crippen MR) is 147 cm³/mol. The first-order valence-corrected chi connectivity index (χ1v) is 14.5. The van der Waals surface area contributed by atoms with Gasteiger partial charge in [-0.25, -0.2) is 13.2 Å². The van der Waals surface area contributed by atoms with Gasteiger partial charge in [0.1, 0.15) is 0 Å². The highest BCUT2D eigenvalue weighted by molar-refractivity contribution is 7.91. The van der Waals surface area contributed by atoms with E-state index in [2.05, 4.69) is 16.5 Å². The number of likely N-dealkylation sites (N-methyl/N-ethyl adjacent to an activating group) is 1. The molecule has 1 N–H and O–H groups in total. The first-order chi connectivity index (χ1) is 18.1. The Morgan fingerprint density at radius 2 is 1.82 bits per heavy atom. The number of nitrogens with one attached hydrogen (secondary N) is 1. The number of piperazine rings is 1. The van der Waals surface area contributed by atoms with Crippen LogP contribution in [-0.4, -0.2) is 79.5 Å². The van der Waals surface area contributed by atoms with Crippen LogP contribution in [0, 0.1) is 0 Å². The summed E-state index contributed by atoms with van der Waals surface area (Å²) in [5.41, 5.74) is -3.89. The van der Waals surface area contributed by atoms with Crippen LogP contribution >= 0.6 is 23.2 Å². The zero-order chi connectivity index (χ0) is 29.1. The number of benzene rings is 1. The lowest BCUT2D eigenvalue weighted by molar-refractivity contribution is -0.0936. The second-order valence-electron chi connectivity index (χ2n) is 9.23. The fourth-order valence-corrected chi connectivity index (χ4v) is 5.65. The Hall–Kier alpha value is -2.38. The lowest BCUT2D eigenvalue weighted by Gasteiger charge is -2.32. The molecule has 0 saturated carbocycles. The molecule has 1 aromatic heterocycles. The van der Waals surface area contributed by atoms with Crippen LogP contribution < -0.4 is 11.2 Å². The summed E-state index contributed by atoms with van der Waals surface area (Å²) in [6.07, 6.45) is -4.48. The average Bonchev–Trinajstić information content (AvgIpc) is 2.85. The highest BCUT2D eigenvalue weighted by atomic mass is 35.5. The average molecular weight is 609 g/mol. The lowest BCUT2D eigenvalue weighted by Crippen LogP contribution is -2.44. The Bertz CT molecular complexity index is 1490. The summed E-state index contributed by atoms with van der Waals surface area (Å²) in [7, 11) is -1.84. The van der Waals surface area contributed by atoms with Gasteiger partial charge in [0, 0.05) is 43.3 Å². The molecule has 0 bridgehead atoms. The summed E-state index contributed by atoms with van der Waals surface area (Å²) < 4.78 is 68.0. The SMILES string of the molecule is C=C(Cl)c1[nH]c(=O)n(Cc2cc(Cl)ccc2S(=O)(=O)CC)c(=O)c1/C=C(\CCN1CCN(C)CC1)C(F)(F)F. The Kier molecular flexibility index (Phi) is 9.92. The third-order valence-corrected chi connectivity index (χ3v) is 8.79. The van der Waals surface area contributed by atoms with E-state index in [0.717, 1.165) is 13.1 Å². The van der Waals surface area contributed by atoms with Crippen molar-refractivity contribution in [3.8, 4) is 0 Å². The lowest BCUT2D eigenvalue weighted by atomic mass is 10.1. The van der Waals surface area contributed by atoms with Gasteiger partial charge in [-0.15, -0.1) is 0 Å². The van der Waals surface area contributed by atoms with E-state index in [9.17, 15) is 31.2 Å². The molecule has 3 rings (SSSR count). The van der Waals surface area contributed by atoms with Crippen molar-refractivity contribution in [3.63, 3.8) is 0 Å². The van der Waals surface area contributed by atoms with Gasteiger partial charge in [0.05, 0.1) is 33.5 Å². The fourth-order valence-electron chi connectivity index (χ4n) is 4.20. The van der Waals surface area contributed by atoms with E-state index in [1.54, 1.807) is 0 Å². The van der Waals surface area contributed by atoms with Gasteiger partial charge in [-0.05, 0) is 43.3 Å². The molecule has 2 aromatic rings. The summed E-state index contributed by atoms with van der Waals surface area (Å²) in [6.45, 7) is 7.14. The number of halogens is 5. The van der Waals surface area contributed by atoms with Crippen molar-refractivity contribution in [1.29, 1.82) is 0 Å². The molecule has 1 fully saturated rings. The van der Waals surface area contributed by atoms with Gasteiger partial charge in [0.25, 0.3) is 5.56 Å². The maximum atomic E-state index is 14.1. The van der Waals surface area contributed by atoms with Crippen LogP contribution in [0.4, 0.5) is 13.2 Å². The monoisotopic (exact) mass is 608 g/mol. The fraction of sp³-hybridized carbons (Fsp3) is 0.440. The molecule has 1 aliphatic heterocycles. The van der Waals surface area contributed by atoms with Gasteiger partial charge in [-0.2, -0.15) is 13.2 Å². The van der Waals surface area contributed by atoms with Gasteiger partial charge in [0.15, 0.2) is 9.84 Å². The van der Waals surface area contributed by atoms with Crippen LogP contribution in [0.25, 0.3) is 11.1 Å². The van der Waals surface area contributed by atoms with Crippen molar-refractivity contribution < 1.29 is 21.6 Å². The number of nitrogens with zero attached hydrogens (tertiary/aromatic N) is 3. The molecule has 1 aromatic carbocycles. The summed E-state index contributed by atoms with van der Waals surface area (Å²) in [6, 6.07) is 3.90. The van der Waals surface area contributed by atoms with Crippen molar-refractivity contribution in [3.05, 3.63) is 73.0 Å². The zero-order valence-corrected chi connectivity index (χ0v) is 23.8. The number of H-pyrrole nitrogens is 1. The molecule has 214 valence electrons. The highest BCUT2D eigenvalue weighted by Crippen LogP contribution is 2.31. The van der Waals surface area contributed by atoms with E-state index in [0.29, 0.717) is 23.7 Å². The summed E-state index contributed by atoms with van der Waals surface area (Å²) in [5, 5.41) is -0.182. The van der Waals surface area contributed by atoms with E-state index in [1.807, 2.05) is 11.9 Å². The normalized spacial score (nSPS) is 16.0. The zero-order valence-electron chi connectivity index (χ0n) is 21.4. The number of aromatic amines is 1. The Labute approximate surface area is 234 Å². The molecule has 14 heteroatoms. The van der Waals surface area contributed by atoms with Crippen molar-refractivity contribution in [1.82, 2.24) is 19.4 Å². The van der Waals surface area contributed by atoms with Crippen LogP contribution in [0.1, 0.15) is 30.2 Å². The summed E-state index contributed by atoms with van der Waals surface area (Å²) in [5.74, 6) is -0.256. The molecule has 0 amide bonds. The Morgan fingerprint density at radius 3 is 2.38 bits per heavy atom. The van der Waals surface area contributed by atoms with E-state index in [-0.39, 0.29) is 38.5 Å². The maximum absolute atomic E-state index is 14.1. The molecule has 0 aliphatic carbocycles. The number of rotatable bonds is 9. The molecular formula is C25H29Cl2F3N4O4S. The number of sulfone groups is 1. The smallest absolute Gasteiger partial charge is 0.305 e. The third-order valence-electron chi connectivity index (χ3n) is 6.54. The molecule has 8 nitrogen and oxygen atoms in total. The van der Waals surface area contributed by atoms with Crippen LogP contribution in [-0.2, 0) is 16.4 Å². The van der Waals surface area contributed by atoms with Gasteiger partial charge >= 0.3 is 11.9 Å². The molecule has 1 aliphatic rings. The first-order valence-electron chi connectivity index (χ1n) is 12.1. The number of alkyl halides is 3. The molecule has 0 spiro atoms. The van der Waals surface area contributed by atoms with Gasteiger partial charge in [0.2, 0.25) is 0 Å². The molecular weight excluding hydrogens is 580 g/mol. The van der Waals surface area contributed by atoms with Crippen LogP contribution in [0.2, 0.25) is 5.02 Å². The number of hydrogen-bond donors (Lipinski definition) is 1. The van der Waals surface area contributed by atoms with Gasteiger partial charge < -0.3 is 14.8 Å². The highest BCUT2D eigenvalue weighted by Gasteiger charge is 2.34. The molecule has 0 radical (unpaired) electrons. The van der Waals surface area contributed by atoms with Crippen LogP contribution in [0.3, 0.4) is 0 Å². The van der Waals surface area contributed by atoms with E-state index in [1.165, 1.54) is 25.1 Å². The molecule has 1 saturated heterocycles. The predicted octanol–water partition coefficient (Wildman–Crippen LogP) is 3.82.